The fraction of sp³-hybridized carbons (Fsp3) is 0.357. The van der Waals surface area contributed by atoms with Crippen molar-refractivity contribution in [3.8, 4) is 5.75 Å². The number of rotatable bonds is 6. The minimum Gasteiger partial charge on any atom is -0.478 e. The van der Waals surface area contributed by atoms with Gasteiger partial charge in [-0.1, -0.05) is 38.1 Å². The van der Waals surface area contributed by atoms with Crippen LogP contribution in [-0.4, -0.2) is 17.2 Å². The van der Waals surface area contributed by atoms with Crippen LogP contribution in [0.4, 0.5) is 0 Å². The van der Waals surface area contributed by atoms with Gasteiger partial charge in [0.25, 0.3) is 0 Å². The molecule has 0 amide bonds. The Morgan fingerprint density at radius 1 is 1.47 bits per heavy atom. The molecule has 1 aromatic carbocycles. The van der Waals surface area contributed by atoms with Crippen LogP contribution in [0.2, 0.25) is 0 Å². The molecule has 1 aromatic rings. The van der Waals surface area contributed by atoms with Gasteiger partial charge in [-0.2, -0.15) is 0 Å². The van der Waals surface area contributed by atoms with E-state index in [1.807, 2.05) is 32.0 Å². The lowest BCUT2D eigenvalue weighted by Crippen LogP contribution is -2.32. The Morgan fingerprint density at radius 2 is 2.12 bits per heavy atom. The first-order valence-electron chi connectivity index (χ1n) is 5.64. The number of carboxylic acid groups (broad SMARTS) is 1. The van der Waals surface area contributed by atoms with Crippen LogP contribution < -0.4 is 4.74 Å². The summed E-state index contributed by atoms with van der Waals surface area (Å²) in [4.78, 5) is 11.1. The molecular weight excluding hydrogens is 216 g/mol. The summed E-state index contributed by atoms with van der Waals surface area (Å²) >= 11 is 0. The first-order valence-corrected chi connectivity index (χ1v) is 5.64. The van der Waals surface area contributed by atoms with Crippen LogP contribution in [0.25, 0.3) is 0 Å². The third kappa shape index (κ3) is 3.63. The number of ether oxygens (including phenoxy) is 1. The smallest absolute Gasteiger partial charge is 0.345 e. The van der Waals surface area contributed by atoms with E-state index in [4.69, 9.17) is 9.84 Å². The highest BCUT2D eigenvalue weighted by molar-refractivity contribution is 5.73. The Labute approximate surface area is 102 Å². The van der Waals surface area contributed by atoms with E-state index < -0.39 is 12.1 Å². The van der Waals surface area contributed by atoms with E-state index in [0.717, 1.165) is 5.56 Å². The zero-order valence-electron chi connectivity index (χ0n) is 10.2. The van der Waals surface area contributed by atoms with Crippen molar-refractivity contribution in [3.63, 3.8) is 0 Å². The van der Waals surface area contributed by atoms with E-state index in [1.54, 1.807) is 12.1 Å². The summed E-state index contributed by atoms with van der Waals surface area (Å²) in [5.74, 6) is -0.397. The van der Waals surface area contributed by atoms with Gasteiger partial charge in [-0.25, -0.2) is 4.79 Å². The van der Waals surface area contributed by atoms with Crippen LogP contribution >= 0.6 is 0 Å². The topological polar surface area (TPSA) is 46.5 Å². The molecule has 1 N–H and O–H groups in total. The first kappa shape index (κ1) is 13.3. The maximum absolute atomic E-state index is 11.1. The van der Waals surface area contributed by atoms with Crippen molar-refractivity contribution in [2.45, 2.75) is 26.4 Å². The molecular formula is C14H18O3. The summed E-state index contributed by atoms with van der Waals surface area (Å²) in [6.45, 7) is 7.33. The van der Waals surface area contributed by atoms with Crippen molar-refractivity contribution in [3.05, 3.63) is 42.5 Å². The molecule has 0 aliphatic carbocycles. The highest BCUT2D eigenvalue weighted by Gasteiger charge is 2.24. The quantitative estimate of drug-likeness (QED) is 0.770. The molecule has 1 rings (SSSR count). The zero-order valence-corrected chi connectivity index (χ0v) is 10.2. The third-order valence-corrected chi connectivity index (χ3v) is 2.44. The minimum absolute atomic E-state index is 0.0794. The van der Waals surface area contributed by atoms with E-state index >= 15 is 0 Å². The number of hydrogen-bond donors (Lipinski definition) is 1. The first-order chi connectivity index (χ1) is 8.06. The van der Waals surface area contributed by atoms with Crippen LogP contribution in [0.3, 0.4) is 0 Å². The van der Waals surface area contributed by atoms with Crippen molar-refractivity contribution in [1.82, 2.24) is 0 Å². The molecule has 0 fully saturated rings. The number of carboxylic acids is 1. The molecule has 1 unspecified atom stereocenters. The predicted molar refractivity (Wildman–Crippen MR) is 67.2 cm³/mol. The number of benzene rings is 1. The Balaban J connectivity index is 2.92. The van der Waals surface area contributed by atoms with E-state index in [1.165, 1.54) is 0 Å². The maximum atomic E-state index is 11.1. The van der Waals surface area contributed by atoms with Crippen LogP contribution in [0, 0.1) is 5.92 Å². The minimum atomic E-state index is -0.937. The molecule has 0 saturated carbocycles. The average Bonchev–Trinajstić information content (AvgIpc) is 2.27. The molecule has 0 bridgehead atoms. The fourth-order valence-corrected chi connectivity index (χ4v) is 1.55. The number of allylic oxidation sites excluding steroid dienone is 1. The normalized spacial score (nSPS) is 12.2. The average molecular weight is 234 g/mol. The summed E-state index contributed by atoms with van der Waals surface area (Å²) in [5, 5.41) is 9.08. The molecule has 0 saturated heterocycles. The third-order valence-electron chi connectivity index (χ3n) is 2.44. The van der Waals surface area contributed by atoms with E-state index in [9.17, 15) is 4.79 Å². The standard InChI is InChI=1S/C14H18O3/c1-4-7-11-8-5-6-9-12(11)17-13(10(2)3)14(15)16/h4-6,8-10,13H,1,7H2,2-3H3,(H,15,16). The molecule has 0 aromatic heterocycles. The van der Waals surface area contributed by atoms with E-state index in [0.29, 0.717) is 12.2 Å². The van der Waals surface area contributed by atoms with Gasteiger partial charge in [0.1, 0.15) is 5.75 Å². The molecule has 3 nitrogen and oxygen atoms in total. The number of carbonyl (C=O) groups is 1. The van der Waals surface area contributed by atoms with Gasteiger partial charge in [-0.15, -0.1) is 6.58 Å². The molecule has 3 heteroatoms. The summed E-state index contributed by atoms with van der Waals surface area (Å²) in [5.41, 5.74) is 0.953. The number of para-hydroxylation sites is 1. The van der Waals surface area contributed by atoms with Crippen LogP contribution in [0.15, 0.2) is 36.9 Å². The van der Waals surface area contributed by atoms with E-state index in [2.05, 4.69) is 6.58 Å². The SMILES string of the molecule is C=CCc1ccccc1OC(C(=O)O)C(C)C. The van der Waals surface area contributed by atoms with Gasteiger partial charge >= 0.3 is 5.97 Å². The number of aliphatic carboxylic acids is 1. The summed E-state index contributed by atoms with van der Waals surface area (Å²) < 4.78 is 5.57. The Bertz CT molecular complexity index is 396. The highest BCUT2D eigenvalue weighted by atomic mass is 16.5. The lowest BCUT2D eigenvalue weighted by atomic mass is 10.1. The van der Waals surface area contributed by atoms with Crippen molar-refractivity contribution in [1.29, 1.82) is 0 Å². The van der Waals surface area contributed by atoms with E-state index in [-0.39, 0.29) is 5.92 Å². The van der Waals surface area contributed by atoms with Gasteiger partial charge in [0, 0.05) is 5.92 Å². The largest absolute Gasteiger partial charge is 0.478 e. The summed E-state index contributed by atoms with van der Waals surface area (Å²) in [6.07, 6.45) is 1.62. The summed E-state index contributed by atoms with van der Waals surface area (Å²) in [7, 11) is 0. The van der Waals surface area contributed by atoms with Crippen molar-refractivity contribution in [2.75, 3.05) is 0 Å². The molecule has 17 heavy (non-hydrogen) atoms. The molecule has 0 spiro atoms. The molecule has 0 heterocycles. The van der Waals surface area contributed by atoms with Crippen LogP contribution in [-0.2, 0) is 11.2 Å². The molecule has 0 aliphatic heterocycles. The van der Waals surface area contributed by atoms with Gasteiger partial charge in [-0.3, -0.25) is 0 Å². The van der Waals surface area contributed by atoms with Crippen molar-refractivity contribution in [2.24, 2.45) is 5.92 Å². The number of hydrogen-bond acceptors (Lipinski definition) is 2. The van der Waals surface area contributed by atoms with Gasteiger partial charge in [-0.05, 0) is 18.1 Å². The Morgan fingerprint density at radius 3 is 2.65 bits per heavy atom. The second-order valence-corrected chi connectivity index (χ2v) is 4.22. The van der Waals surface area contributed by atoms with Crippen molar-refractivity contribution >= 4 is 5.97 Å². The van der Waals surface area contributed by atoms with Gasteiger partial charge in [0.15, 0.2) is 6.10 Å². The maximum Gasteiger partial charge on any atom is 0.345 e. The summed E-state index contributed by atoms with van der Waals surface area (Å²) in [6, 6.07) is 7.44. The Hall–Kier alpha value is -1.77. The second-order valence-electron chi connectivity index (χ2n) is 4.22. The monoisotopic (exact) mass is 234 g/mol. The molecule has 1 atom stereocenters. The fourth-order valence-electron chi connectivity index (χ4n) is 1.55. The highest BCUT2D eigenvalue weighted by Crippen LogP contribution is 2.22. The van der Waals surface area contributed by atoms with Gasteiger partial charge in [0.05, 0.1) is 0 Å². The zero-order chi connectivity index (χ0) is 12.8. The van der Waals surface area contributed by atoms with Crippen LogP contribution in [0.1, 0.15) is 19.4 Å². The molecule has 0 radical (unpaired) electrons. The Kier molecular flexibility index (Phi) is 4.76. The molecule has 92 valence electrons. The lowest BCUT2D eigenvalue weighted by Gasteiger charge is -2.20. The van der Waals surface area contributed by atoms with Crippen LogP contribution in [0.5, 0.6) is 5.75 Å². The van der Waals surface area contributed by atoms with Gasteiger partial charge < -0.3 is 9.84 Å². The molecule has 0 aliphatic rings. The second kappa shape index (κ2) is 6.09. The lowest BCUT2D eigenvalue weighted by molar-refractivity contribution is -0.147. The predicted octanol–water partition coefficient (Wildman–Crippen LogP) is 2.90. The van der Waals surface area contributed by atoms with Gasteiger partial charge in [0.2, 0.25) is 0 Å². The van der Waals surface area contributed by atoms with Crippen molar-refractivity contribution < 1.29 is 14.6 Å².